The zero-order chi connectivity index (χ0) is 25.9. The van der Waals surface area contributed by atoms with Gasteiger partial charge in [0.05, 0.1) is 42.5 Å². The predicted molar refractivity (Wildman–Crippen MR) is 131 cm³/mol. The predicted octanol–water partition coefficient (Wildman–Crippen LogP) is 3.53. The van der Waals surface area contributed by atoms with Crippen LogP contribution in [0.4, 0.5) is 5.69 Å². The fourth-order valence-electron chi connectivity index (χ4n) is 3.62. The lowest BCUT2D eigenvalue weighted by Crippen LogP contribution is -2.18. The minimum atomic E-state index is -3.47. The first-order valence-corrected chi connectivity index (χ1v) is 12.6. The maximum atomic E-state index is 13.5. The summed E-state index contributed by atoms with van der Waals surface area (Å²) in [5.41, 5.74) is 2.53. The maximum Gasteiger partial charge on any atom is 0.261 e. The number of hydrogen-bond acceptors (Lipinski definition) is 9. The average molecular weight is 507 g/mol. The van der Waals surface area contributed by atoms with Crippen LogP contribution in [-0.2, 0) is 14.6 Å². The van der Waals surface area contributed by atoms with E-state index in [9.17, 15) is 13.2 Å². The molecule has 36 heavy (non-hydrogen) atoms. The SMILES string of the molecule is COc1cc(C#N)ccc1Oc1nnc(C2=CCOC2)c(C)c1C(=O)Nc1cccc(S(C)(=O)=O)c1. The van der Waals surface area contributed by atoms with Crippen LogP contribution in [0.15, 0.2) is 53.4 Å². The van der Waals surface area contributed by atoms with Crippen LogP contribution >= 0.6 is 0 Å². The molecule has 2 heterocycles. The number of nitrogens with one attached hydrogen (secondary N) is 1. The van der Waals surface area contributed by atoms with Gasteiger partial charge in [0.15, 0.2) is 21.3 Å². The van der Waals surface area contributed by atoms with Crippen molar-refractivity contribution in [2.24, 2.45) is 0 Å². The van der Waals surface area contributed by atoms with E-state index in [2.05, 4.69) is 15.5 Å². The number of nitriles is 1. The Bertz CT molecular complexity index is 1530. The molecule has 0 radical (unpaired) electrons. The van der Waals surface area contributed by atoms with Crippen molar-refractivity contribution in [1.29, 1.82) is 5.26 Å². The third-order valence-electron chi connectivity index (χ3n) is 5.44. The fourth-order valence-corrected chi connectivity index (χ4v) is 4.29. The van der Waals surface area contributed by atoms with Crippen LogP contribution in [0.2, 0.25) is 0 Å². The molecule has 0 atom stereocenters. The highest BCUT2D eigenvalue weighted by molar-refractivity contribution is 7.90. The minimum absolute atomic E-state index is 0.0672. The number of sulfone groups is 1. The van der Waals surface area contributed by atoms with Gasteiger partial charge in [0.25, 0.3) is 11.8 Å². The topological polar surface area (TPSA) is 140 Å². The van der Waals surface area contributed by atoms with Crippen LogP contribution in [0.5, 0.6) is 17.4 Å². The lowest BCUT2D eigenvalue weighted by Gasteiger charge is -2.16. The zero-order valence-corrected chi connectivity index (χ0v) is 20.5. The molecule has 0 saturated carbocycles. The van der Waals surface area contributed by atoms with Crippen molar-refractivity contribution >= 4 is 27.0 Å². The molecule has 1 aliphatic rings. The van der Waals surface area contributed by atoms with E-state index >= 15 is 0 Å². The monoisotopic (exact) mass is 506 g/mol. The Balaban J connectivity index is 1.77. The van der Waals surface area contributed by atoms with Crippen LogP contribution in [-0.4, -0.2) is 51.1 Å². The van der Waals surface area contributed by atoms with Gasteiger partial charge >= 0.3 is 0 Å². The highest BCUT2D eigenvalue weighted by Gasteiger charge is 2.25. The van der Waals surface area contributed by atoms with E-state index < -0.39 is 15.7 Å². The standard InChI is InChI=1S/C25H22N4O6S/c1-15-22(24(30)27-18-5-4-6-19(12-18)36(3,31)32)25(29-28-23(15)17-9-10-34-14-17)35-20-8-7-16(13-26)11-21(20)33-2/h4-9,11-12H,10,14H2,1-3H3,(H,27,30). The second-order valence-electron chi connectivity index (χ2n) is 7.93. The maximum absolute atomic E-state index is 13.5. The summed E-state index contributed by atoms with van der Waals surface area (Å²) in [6, 6.07) is 12.5. The molecule has 1 amide bonds. The van der Waals surface area contributed by atoms with Crippen LogP contribution in [0, 0.1) is 18.3 Å². The third kappa shape index (κ3) is 5.19. The zero-order valence-electron chi connectivity index (χ0n) is 19.7. The highest BCUT2D eigenvalue weighted by Crippen LogP contribution is 2.35. The summed E-state index contributed by atoms with van der Waals surface area (Å²) < 4.78 is 40.6. The number of aromatic nitrogens is 2. The van der Waals surface area contributed by atoms with Crippen molar-refractivity contribution < 1.29 is 27.4 Å². The summed E-state index contributed by atoms with van der Waals surface area (Å²) in [5.74, 6) is -0.154. The molecule has 0 aliphatic carbocycles. The highest BCUT2D eigenvalue weighted by atomic mass is 32.2. The van der Waals surface area contributed by atoms with E-state index in [0.717, 1.165) is 11.8 Å². The van der Waals surface area contributed by atoms with Crippen LogP contribution in [0.1, 0.15) is 27.2 Å². The summed E-state index contributed by atoms with van der Waals surface area (Å²) >= 11 is 0. The number of amides is 1. The van der Waals surface area contributed by atoms with Gasteiger partial charge in [0.2, 0.25) is 0 Å². The third-order valence-corrected chi connectivity index (χ3v) is 6.55. The lowest BCUT2D eigenvalue weighted by molar-refractivity contribution is 0.102. The van der Waals surface area contributed by atoms with E-state index in [1.54, 1.807) is 19.1 Å². The Morgan fingerprint density at radius 1 is 1.17 bits per heavy atom. The Morgan fingerprint density at radius 2 is 1.97 bits per heavy atom. The molecule has 0 spiro atoms. The van der Waals surface area contributed by atoms with Crippen molar-refractivity contribution in [3.63, 3.8) is 0 Å². The summed E-state index contributed by atoms with van der Waals surface area (Å²) in [7, 11) is -2.04. The van der Waals surface area contributed by atoms with E-state index in [4.69, 9.17) is 19.5 Å². The normalized spacial score (nSPS) is 13.0. The van der Waals surface area contributed by atoms with Crippen molar-refractivity contribution in [3.8, 4) is 23.4 Å². The Labute approximate surface area is 208 Å². The Morgan fingerprint density at radius 3 is 2.64 bits per heavy atom. The van der Waals surface area contributed by atoms with E-state index in [1.807, 2.05) is 12.1 Å². The van der Waals surface area contributed by atoms with Gasteiger partial charge in [-0.2, -0.15) is 5.26 Å². The smallest absolute Gasteiger partial charge is 0.261 e. The molecule has 0 unspecified atom stereocenters. The first-order valence-electron chi connectivity index (χ1n) is 10.7. The number of carbonyl (C=O) groups is 1. The molecular formula is C25H22N4O6S. The number of rotatable bonds is 7. The number of carbonyl (C=O) groups excluding carboxylic acids is 1. The summed E-state index contributed by atoms with van der Waals surface area (Å²) in [5, 5.41) is 20.3. The van der Waals surface area contributed by atoms with Gasteiger partial charge in [0, 0.05) is 23.6 Å². The molecule has 1 aliphatic heterocycles. The molecule has 1 N–H and O–H groups in total. The van der Waals surface area contributed by atoms with Crippen molar-refractivity contribution in [3.05, 3.63) is 70.9 Å². The summed E-state index contributed by atoms with van der Waals surface area (Å²) in [6.07, 6.45) is 2.95. The molecule has 1 aromatic heterocycles. The summed E-state index contributed by atoms with van der Waals surface area (Å²) in [4.78, 5) is 13.6. The lowest BCUT2D eigenvalue weighted by atomic mass is 10.0. The second kappa shape index (κ2) is 10.2. The van der Waals surface area contributed by atoms with Gasteiger partial charge in [-0.1, -0.05) is 12.1 Å². The van der Waals surface area contributed by atoms with Gasteiger partial charge in [-0.3, -0.25) is 4.79 Å². The quantitative estimate of drug-likeness (QED) is 0.509. The first kappa shape index (κ1) is 24.8. The van der Waals surface area contributed by atoms with Gasteiger partial charge in [0.1, 0.15) is 5.56 Å². The molecule has 4 rings (SSSR count). The van der Waals surface area contributed by atoms with E-state index in [0.29, 0.717) is 30.0 Å². The molecule has 3 aromatic rings. The molecule has 0 fully saturated rings. The first-order chi connectivity index (χ1) is 17.2. The Kier molecular flexibility index (Phi) is 7.00. The van der Waals surface area contributed by atoms with Crippen LogP contribution in [0.25, 0.3) is 5.57 Å². The van der Waals surface area contributed by atoms with Gasteiger partial charge in [-0.15, -0.1) is 10.2 Å². The van der Waals surface area contributed by atoms with Gasteiger partial charge in [-0.25, -0.2) is 8.42 Å². The van der Waals surface area contributed by atoms with Crippen molar-refractivity contribution in [1.82, 2.24) is 10.2 Å². The van der Waals surface area contributed by atoms with Crippen LogP contribution < -0.4 is 14.8 Å². The fraction of sp³-hybridized carbons (Fsp3) is 0.200. The molecule has 184 valence electrons. The number of benzene rings is 2. The molecule has 0 bridgehead atoms. The molecule has 11 heteroatoms. The number of nitrogens with zero attached hydrogens (tertiary/aromatic N) is 3. The number of methoxy groups -OCH3 is 1. The molecule has 2 aromatic carbocycles. The largest absolute Gasteiger partial charge is 0.493 e. The second-order valence-corrected chi connectivity index (χ2v) is 9.95. The number of ether oxygens (including phenoxy) is 3. The van der Waals surface area contributed by atoms with E-state index in [-0.39, 0.29) is 33.5 Å². The minimum Gasteiger partial charge on any atom is -0.493 e. The summed E-state index contributed by atoms with van der Waals surface area (Å²) in [6.45, 7) is 2.47. The molecular weight excluding hydrogens is 484 g/mol. The van der Waals surface area contributed by atoms with Crippen LogP contribution in [0.3, 0.4) is 0 Å². The van der Waals surface area contributed by atoms with Crippen molar-refractivity contribution in [2.75, 3.05) is 31.9 Å². The van der Waals surface area contributed by atoms with Gasteiger partial charge < -0.3 is 19.5 Å². The van der Waals surface area contributed by atoms with Gasteiger partial charge in [-0.05, 0) is 42.8 Å². The number of hydrogen-bond donors (Lipinski definition) is 1. The number of anilines is 1. The van der Waals surface area contributed by atoms with Crippen molar-refractivity contribution in [2.45, 2.75) is 11.8 Å². The van der Waals surface area contributed by atoms with E-state index in [1.165, 1.54) is 37.4 Å². The Hall–Kier alpha value is -4.27. The molecule has 0 saturated heterocycles. The molecule has 10 nitrogen and oxygen atoms in total. The average Bonchev–Trinajstić information content (AvgIpc) is 3.38.